The molecule has 0 saturated heterocycles. The first-order chi connectivity index (χ1) is 7.34. The number of aliphatic hydroxyl groups is 1. The maximum absolute atomic E-state index is 10.3. The van der Waals surface area contributed by atoms with Gasteiger partial charge in [-0.15, -0.1) is 0 Å². The molecule has 16 heavy (non-hydrogen) atoms. The molecule has 0 spiro atoms. The van der Waals surface area contributed by atoms with E-state index >= 15 is 0 Å². The van der Waals surface area contributed by atoms with E-state index in [1.54, 1.807) is 0 Å². The first-order valence-corrected chi connectivity index (χ1v) is 4.78. The Labute approximate surface area is 94.7 Å². The average Bonchev–Trinajstić information content (AvgIpc) is 2.25. The summed E-state index contributed by atoms with van der Waals surface area (Å²) < 4.78 is 0. The molecule has 0 radical (unpaired) electrons. The molecule has 0 aliphatic heterocycles. The van der Waals surface area contributed by atoms with E-state index in [4.69, 9.17) is 15.3 Å². The fourth-order valence-electron chi connectivity index (χ4n) is 0.567. The predicted octanol–water partition coefficient (Wildman–Crippen LogP) is 1.44. The van der Waals surface area contributed by atoms with Crippen LogP contribution in [0.5, 0.6) is 0 Å². The van der Waals surface area contributed by atoms with Gasteiger partial charge in [0, 0.05) is 11.6 Å². The smallest absolute Gasteiger partial charge is 0.330 e. The van der Waals surface area contributed by atoms with Crippen LogP contribution in [0.2, 0.25) is 0 Å². The van der Waals surface area contributed by atoms with Gasteiger partial charge in [0.25, 0.3) is 0 Å². The number of carboxylic acids is 2. The fraction of sp³-hybridized carbons (Fsp3) is 0.455. The van der Waals surface area contributed by atoms with Crippen molar-refractivity contribution in [1.82, 2.24) is 0 Å². The van der Waals surface area contributed by atoms with Gasteiger partial charge in [-0.1, -0.05) is 19.6 Å². The molecule has 1 unspecified atom stereocenters. The van der Waals surface area contributed by atoms with E-state index in [9.17, 15) is 9.59 Å². The monoisotopic (exact) mass is 230 g/mol. The summed E-state index contributed by atoms with van der Waals surface area (Å²) in [5, 5.41) is 25.1. The number of hydrogen-bond acceptors (Lipinski definition) is 3. The van der Waals surface area contributed by atoms with Crippen LogP contribution in [0, 0.1) is 0 Å². The molecule has 0 aliphatic rings. The second-order valence-corrected chi connectivity index (χ2v) is 3.03. The third-order valence-electron chi connectivity index (χ3n) is 1.68. The second-order valence-electron chi connectivity index (χ2n) is 3.03. The summed E-state index contributed by atoms with van der Waals surface area (Å²) in [6, 6.07) is 0. The fourth-order valence-corrected chi connectivity index (χ4v) is 0.567. The van der Waals surface area contributed by atoms with Gasteiger partial charge in [0.05, 0.1) is 6.10 Å². The minimum absolute atomic E-state index is 0.289. The van der Waals surface area contributed by atoms with Gasteiger partial charge in [-0.25, -0.2) is 9.59 Å². The van der Waals surface area contributed by atoms with E-state index in [0.29, 0.717) is 12.8 Å². The Morgan fingerprint density at radius 1 is 1.38 bits per heavy atom. The molecular formula is C11H18O5. The van der Waals surface area contributed by atoms with E-state index < -0.39 is 18.0 Å². The Kier molecular flexibility index (Phi) is 10.4. The lowest BCUT2D eigenvalue weighted by atomic mass is 10.1. The second kappa shape index (κ2) is 9.92. The first kappa shape index (κ1) is 16.8. The van der Waals surface area contributed by atoms with Crippen molar-refractivity contribution in [2.75, 3.05) is 0 Å². The first-order valence-electron chi connectivity index (χ1n) is 4.78. The van der Waals surface area contributed by atoms with Gasteiger partial charge in [-0.2, -0.15) is 0 Å². The van der Waals surface area contributed by atoms with E-state index in [-0.39, 0.29) is 5.57 Å². The molecule has 0 amide bonds. The molecule has 3 N–H and O–H groups in total. The normalized spacial score (nSPS) is 12.1. The largest absolute Gasteiger partial charge is 0.478 e. The van der Waals surface area contributed by atoms with Crippen LogP contribution in [0.3, 0.4) is 0 Å². The molecule has 0 heterocycles. The lowest BCUT2D eigenvalue weighted by Gasteiger charge is -2.02. The van der Waals surface area contributed by atoms with Crippen LogP contribution >= 0.6 is 0 Å². The minimum atomic E-state index is -0.981. The zero-order valence-corrected chi connectivity index (χ0v) is 9.51. The molecule has 0 saturated carbocycles. The molecular weight excluding hydrogens is 212 g/mol. The lowest BCUT2D eigenvalue weighted by molar-refractivity contribution is -0.133. The Morgan fingerprint density at radius 3 is 2.06 bits per heavy atom. The van der Waals surface area contributed by atoms with Crippen molar-refractivity contribution < 1.29 is 24.9 Å². The Bertz CT molecular complexity index is 268. The molecule has 0 fully saturated rings. The Morgan fingerprint density at radius 2 is 1.81 bits per heavy atom. The van der Waals surface area contributed by atoms with E-state index in [1.165, 1.54) is 13.0 Å². The Hall–Kier alpha value is -1.62. The highest BCUT2D eigenvalue weighted by atomic mass is 16.4. The van der Waals surface area contributed by atoms with Crippen molar-refractivity contribution in [2.24, 2.45) is 0 Å². The summed E-state index contributed by atoms with van der Waals surface area (Å²) in [6.07, 6.45) is 3.04. The van der Waals surface area contributed by atoms with Gasteiger partial charge in [-0.3, -0.25) is 0 Å². The van der Waals surface area contributed by atoms with Gasteiger partial charge in [-0.05, 0) is 19.8 Å². The number of carbonyl (C=O) groups is 2. The van der Waals surface area contributed by atoms with E-state index in [2.05, 4.69) is 6.58 Å². The Balaban J connectivity index is 0. The van der Waals surface area contributed by atoms with Crippen LogP contribution in [0.15, 0.2) is 24.3 Å². The highest BCUT2D eigenvalue weighted by molar-refractivity contribution is 5.85. The van der Waals surface area contributed by atoms with Crippen molar-refractivity contribution in [3.05, 3.63) is 24.3 Å². The van der Waals surface area contributed by atoms with Crippen molar-refractivity contribution >= 4 is 11.9 Å². The number of carboxylic acid groups (broad SMARTS) is 2. The molecule has 0 bridgehead atoms. The van der Waals surface area contributed by atoms with Gasteiger partial charge in [0.1, 0.15) is 0 Å². The van der Waals surface area contributed by atoms with Gasteiger partial charge in [0.15, 0.2) is 0 Å². The molecule has 1 atom stereocenters. The van der Waals surface area contributed by atoms with Crippen molar-refractivity contribution in [1.29, 1.82) is 0 Å². The third-order valence-corrected chi connectivity index (χ3v) is 1.68. The van der Waals surface area contributed by atoms with Crippen LogP contribution in [0.4, 0.5) is 0 Å². The maximum Gasteiger partial charge on any atom is 0.330 e. The topological polar surface area (TPSA) is 94.8 Å². The van der Waals surface area contributed by atoms with Crippen LogP contribution < -0.4 is 0 Å². The number of aliphatic carboxylic acids is 2. The molecule has 5 nitrogen and oxygen atoms in total. The zero-order valence-electron chi connectivity index (χ0n) is 9.51. The molecule has 92 valence electrons. The molecule has 0 aromatic rings. The highest BCUT2D eigenvalue weighted by Gasteiger charge is 2.01. The standard InChI is InChI=1S/C8H14O3.C3H4O2/c1-3-7(9)5-4-6(2)8(10)11;1-2-3(4)5/h4,7,9H,3,5H2,1-2H3,(H,10,11);2H,1H2,(H,4,5). The number of hydrogen-bond donors (Lipinski definition) is 3. The molecule has 0 aliphatic carbocycles. The van der Waals surface area contributed by atoms with Gasteiger partial charge in [0.2, 0.25) is 0 Å². The van der Waals surface area contributed by atoms with Crippen LogP contribution in [-0.4, -0.2) is 33.4 Å². The maximum atomic E-state index is 10.3. The van der Waals surface area contributed by atoms with Crippen molar-refractivity contribution in [3.8, 4) is 0 Å². The quantitative estimate of drug-likeness (QED) is 0.621. The van der Waals surface area contributed by atoms with Crippen molar-refractivity contribution in [2.45, 2.75) is 32.8 Å². The van der Waals surface area contributed by atoms with Crippen LogP contribution in [0.1, 0.15) is 26.7 Å². The van der Waals surface area contributed by atoms with Gasteiger partial charge < -0.3 is 15.3 Å². The average molecular weight is 230 g/mol. The number of aliphatic hydroxyl groups excluding tert-OH is 1. The third kappa shape index (κ3) is 12.4. The summed E-state index contributed by atoms with van der Waals surface area (Å²) in [5.41, 5.74) is 0.289. The molecule has 0 aromatic heterocycles. The summed E-state index contributed by atoms with van der Waals surface area (Å²) in [7, 11) is 0. The van der Waals surface area contributed by atoms with Crippen LogP contribution in [-0.2, 0) is 9.59 Å². The SMILES string of the molecule is C=CC(=O)O.CCC(O)CC=C(C)C(=O)O. The van der Waals surface area contributed by atoms with Crippen LogP contribution in [0.25, 0.3) is 0 Å². The summed E-state index contributed by atoms with van der Waals surface area (Å²) in [4.78, 5) is 19.5. The summed E-state index contributed by atoms with van der Waals surface area (Å²) >= 11 is 0. The molecule has 0 aromatic carbocycles. The predicted molar refractivity (Wildman–Crippen MR) is 60.1 cm³/mol. The van der Waals surface area contributed by atoms with Crippen molar-refractivity contribution in [3.63, 3.8) is 0 Å². The zero-order chi connectivity index (χ0) is 13.1. The number of rotatable bonds is 5. The minimum Gasteiger partial charge on any atom is -0.478 e. The summed E-state index contributed by atoms with van der Waals surface area (Å²) in [6.45, 7) is 6.33. The lowest BCUT2D eigenvalue weighted by Crippen LogP contribution is -2.04. The molecule has 0 rings (SSSR count). The van der Waals surface area contributed by atoms with E-state index in [0.717, 1.165) is 6.08 Å². The molecule has 5 heteroatoms. The summed E-state index contributed by atoms with van der Waals surface area (Å²) in [5.74, 6) is -1.90. The highest BCUT2D eigenvalue weighted by Crippen LogP contribution is 2.01. The van der Waals surface area contributed by atoms with E-state index in [1.807, 2.05) is 6.92 Å². The van der Waals surface area contributed by atoms with Gasteiger partial charge >= 0.3 is 11.9 Å².